The number of hydrogen-bond acceptors (Lipinski definition) is 1. The van der Waals surface area contributed by atoms with Crippen LogP contribution in [0.2, 0.25) is 0 Å². The van der Waals surface area contributed by atoms with Gasteiger partial charge < -0.3 is 5.32 Å². The van der Waals surface area contributed by atoms with Gasteiger partial charge in [0.25, 0.3) is 0 Å². The number of fused-ring (bicyclic) bond motifs is 2. The van der Waals surface area contributed by atoms with Crippen molar-refractivity contribution in [3.63, 3.8) is 0 Å². The van der Waals surface area contributed by atoms with Crippen LogP contribution in [-0.2, 0) is 6.42 Å². The van der Waals surface area contributed by atoms with Crippen LogP contribution < -0.4 is 5.32 Å². The lowest BCUT2D eigenvalue weighted by molar-refractivity contribution is 0.160. The van der Waals surface area contributed by atoms with Gasteiger partial charge in [-0.1, -0.05) is 24.6 Å². The van der Waals surface area contributed by atoms with Gasteiger partial charge in [0, 0.05) is 6.54 Å². The van der Waals surface area contributed by atoms with Crippen molar-refractivity contribution in [2.45, 2.75) is 46.0 Å². The summed E-state index contributed by atoms with van der Waals surface area (Å²) in [7, 11) is 2.12. The number of benzene rings is 1. The molecule has 2 fully saturated rings. The molecule has 1 N–H and O–H groups in total. The summed E-state index contributed by atoms with van der Waals surface area (Å²) < 4.78 is 0. The Balaban J connectivity index is 1.84. The summed E-state index contributed by atoms with van der Waals surface area (Å²) in [5.74, 6) is 1.98. The minimum atomic E-state index is 0.541. The molecule has 0 spiro atoms. The highest BCUT2D eigenvalue weighted by Crippen LogP contribution is 2.57. The van der Waals surface area contributed by atoms with Crippen molar-refractivity contribution in [3.05, 3.63) is 34.9 Å². The molecule has 1 aromatic carbocycles. The first-order chi connectivity index (χ1) is 9.13. The zero-order valence-electron chi connectivity index (χ0n) is 12.6. The fraction of sp³-hybridized carbons (Fsp3) is 0.667. The Morgan fingerprint density at radius 1 is 1.21 bits per heavy atom. The normalized spacial score (nSPS) is 33.0. The molecule has 104 valence electrons. The standard InChI is InChI=1S/C18H27N/c1-13-4-5-15(8-14(13)2)10-18(12-19-3)11-16-6-7-17(18)9-16/h4-5,8,16-17,19H,6-7,9-12H2,1-3H3. The van der Waals surface area contributed by atoms with Crippen molar-refractivity contribution in [1.82, 2.24) is 5.32 Å². The second-order valence-corrected chi connectivity index (χ2v) is 7.07. The highest BCUT2D eigenvalue weighted by molar-refractivity contribution is 5.31. The summed E-state index contributed by atoms with van der Waals surface area (Å²) in [5.41, 5.74) is 4.95. The summed E-state index contributed by atoms with van der Waals surface area (Å²) in [6, 6.07) is 7.06. The van der Waals surface area contributed by atoms with Gasteiger partial charge in [0.05, 0.1) is 0 Å². The number of nitrogens with one attached hydrogen (secondary N) is 1. The highest BCUT2D eigenvalue weighted by Gasteiger charge is 2.50. The molecule has 2 aliphatic rings. The van der Waals surface area contributed by atoms with Crippen LogP contribution >= 0.6 is 0 Å². The Hall–Kier alpha value is -0.820. The Labute approximate surface area is 117 Å². The molecule has 0 amide bonds. The Morgan fingerprint density at radius 2 is 2.05 bits per heavy atom. The van der Waals surface area contributed by atoms with E-state index in [1.165, 1.54) is 49.8 Å². The van der Waals surface area contributed by atoms with E-state index in [-0.39, 0.29) is 0 Å². The van der Waals surface area contributed by atoms with Crippen LogP contribution in [0.25, 0.3) is 0 Å². The van der Waals surface area contributed by atoms with Gasteiger partial charge in [-0.2, -0.15) is 0 Å². The van der Waals surface area contributed by atoms with E-state index in [4.69, 9.17) is 0 Å². The van der Waals surface area contributed by atoms with Gasteiger partial charge in [-0.05, 0) is 80.5 Å². The fourth-order valence-electron chi connectivity index (χ4n) is 4.73. The molecule has 0 saturated heterocycles. The molecule has 19 heavy (non-hydrogen) atoms. The van der Waals surface area contributed by atoms with Gasteiger partial charge >= 0.3 is 0 Å². The van der Waals surface area contributed by atoms with Gasteiger partial charge in [0.2, 0.25) is 0 Å². The van der Waals surface area contributed by atoms with Crippen LogP contribution in [0.1, 0.15) is 42.4 Å². The summed E-state index contributed by atoms with van der Waals surface area (Å²) in [6.07, 6.45) is 7.17. The fourth-order valence-corrected chi connectivity index (χ4v) is 4.73. The number of aryl methyl sites for hydroxylation is 2. The lowest BCUT2D eigenvalue weighted by Gasteiger charge is -2.38. The monoisotopic (exact) mass is 257 g/mol. The molecule has 0 radical (unpaired) electrons. The largest absolute Gasteiger partial charge is 0.319 e. The van der Waals surface area contributed by atoms with Gasteiger partial charge in [0.15, 0.2) is 0 Å². The predicted molar refractivity (Wildman–Crippen MR) is 81.4 cm³/mol. The smallest absolute Gasteiger partial charge is 0.00108 e. The van der Waals surface area contributed by atoms with E-state index in [2.05, 4.69) is 44.4 Å². The maximum atomic E-state index is 3.48. The average molecular weight is 257 g/mol. The maximum absolute atomic E-state index is 3.48. The molecule has 0 heterocycles. The SMILES string of the molecule is CNCC1(Cc2ccc(C)c(C)c2)CC2CCC1C2. The molecule has 0 aliphatic heterocycles. The molecule has 2 aliphatic carbocycles. The van der Waals surface area contributed by atoms with E-state index in [0.717, 1.165) is 11.8 Å². The second-order valence-electron chi connectivity index (χ2n) is 7.07. The van der Waals surface area contributed by atoms with Crippen LogP contribution in [0.3, 0.4) is 0 Å². The average Bonchev–Trinajstić information content (AvgIpc) is 2.95. The molecule has 1 aromatic rings. The third-order valence-electron chi connectivity index (χ3n) is 5.76. The lowest BCUT2D eigenvalue weighted by Crippen LogP contribution is -2.39. The minimum Gasteiger partial charge on any atom is -0.319 e. The zero-order valence-corrected chi connectivity index (χ0v) is 12.6. The van der Waals surface area contributed by atoms with Crippen LogP contribution in [0.5, 0.6) is 0 Å². The Kier molecular flexibility index (Phi) is 3.42. The third-order valence-corrected chi connectivity index (χ3v) is 5.76. The summed E-state index contributed by atoms with van der Waals surface area (Å²) >= 11 is 0. The van der Waals surface area contributed by atoms with Gasteiger partial charge in [-0.3, -0.25) is 0 Å². The topological polar surface area (TPSA) is 12.0 Å². The van der Waals surface area contributed by atoms with Gasteiger partial charge in [0.1, 0.15) is 0 Å². The molecular formula is C18H27N. The Morgan fingerprint density at radius 3 is 2.63 bits per heavy atom. The van der Waals surface area contributed by atoms with Crippen molar-refractivity contribution >= 4 is 0 Å². The summed E-state index contributed by atoms with van der Waals surface area (Å²) in [4.78, 5) is 0. The molecule has 2 saturated carbocycles. The van der Waals surface area contributed by atoms with E-state index in [1.54, 1.807) is 5.56 Å². The van der Waals surface area contributed by atoms with E-state index < -0.39 is 0 Å². The molecular weight excluding hydrogens is 230 g/mol. The van der Waals surface area contributed by atoms with Crippen molar-refractivity contribution in [2.24, 2.45) is 17.3 Å². The van der Waals surface area contributed by atoms with Crippen LogP contribution in [0, 0.1) is 31.1 Å². The first-order valence-electron chi connectivity index (χ1n) is 7.84. The first-order valence-corrected chi connectivity index (χ1v) is 7.84. The molecule has 1 heteroatoms. The van der Waals surface area contributed by atoms with E-state index >= 15 is 0 Å². The summed E-state index contributed by atoms with van der Waals surface area (Å²) in [6.45, 7) is 5.64. The zero-order chi connectivity index (χ0) is 13.5. The predicted octanol–water partition coefficient (Wildman–Crippen LogP) is 3.87. The van der Waals surface area contributed by atoms with Gasteiger partial charge in [-0.25, -0.2) is 0 Å². The first kappa shape index (κ1) is 13.2. The molecule has 3 rings (SSSR count). The quantitative estimate of drug-likeness (QED) is 0.863. The van der Waals surface area contributed by atoms with Crippen molar-refractivity contribution < 1.29 is 0 Å². The number of rotatable bonds is 4. The van der Waals surface area contributed by atoms with Crippen LogP contribution in [0.15, 0.2) is 18.2 Å². The molecule has 0 aromatic heterocycles. The molecule has 2 bridgehead atoms. The van der Waals surface area contributed by atoms with E-state index in [0.29, 0.717) is 5.41 Å². The maximum Gasteiger partial charge on any atom is 0.00108 e. The van der Waals surface area contributed by atoms with Crippen molar-refractivity contribution in [1.29, 1.82) is 0 Å². The lowest BCUT2D eigenvalue weighted by atomic mass is 9.69. The Bertz CT molecular complexity index is 465. The molecule has 1 nitrogen and oxygen atoms in total. The molecule has 3 unspecified atom stereocenters. The van der Waals surface area contributed by atoms with Gasteiger partial charge in [-0.15, -0.1) is 0 Å². The third kappa shape index (κ3) is 2.33. The van der Waals surface area contributed by atoms with Crippen LogP contribution in [-0.4, -0.2) is 13.6 Å². The molecule has 3 atom stereocenters. The summed E-state index contributed by atoms with van der Waals surface area (Å²) in [5, 5.41) is 3.48. The highest BCUT2D eigenvalue weighted by atomic mass is 14.8. The number of hydrogen-bond donors (Lipinski definition) is 1. The van der Waals surface area contributed by atoms with E-state index in [1.807, 2.05) is 0 Å². The minimum absolute atomic E-state index is 0.541. The van der Waals surface area contributed by atoms with Crippen molar-refractivity contribution in [3.8, 4) is 0 Å². The van der Waals surface area contributed by atoms with E-state index in [9.17, 15) is 0 Å². The van der Waals surface area contributed by atoms with Crippen molar-refractivity contribution in [2.75, 3.05) is 13.6 Å². The van der Waals surface area contributed by atoms with Crippen LogP contribution in [0.4, 0.5) is 0 Å². The second kappa shape index (κ2) is 4.94.